The molecule has 2 unspecified atom stereocenters. The van der Waals surface area contributed by atoms with Crippen molar-refractivity contribution >= 4 is 37.6 Å². The van der Waals surface area contributed by atoms with Crippen LogP contribution in [-0.4, -0.2) is 44.3 Å². The quantitative estimate of drug-likeness (QED) is 0.621. The van der Waals surface area contributed by atoms with Crippen LogP contribution in [-0.2, 0) is 27.5 Å². The van der Waals surface area contributed by atoms with Crippen molar-refractivity contribution in [1.82, 2.24) is 10.6 Å². The maximum Gasteiger partial charge on any atom is 0.253 e. The fourth-order valence-corrected chi connectivity index (χ4v) is 4.73. The Morgan fingerprint density at radius 3 is 2.47 bits per heavy atom. The Morgan fingerprint density at radius 2 is 1.77 bits per heavy atom. The van der Waals surface area contributed by atoms with E-state index in [4.69, 9.17) is 0 Å². The van der Waals surface area contributed by atoms with Gasteiger partial charge in [-0.1, -0.05) is 36.4 Å². The molecular formula is C22H25BrN2O4S. The highest BCUT2D eigenvalue weighted by Crippen LogP contribution is 2.21. The van der Waals surface area contributed by atoms with Gasteiger partial charge in [0.15, 0.2) is 0 Å². The summed E-state index contributed by atoms with van der Waals surface area (Å²) in [5, 5.41) is 5.72. The van der Waals surface area contributed by atoms with Gasteiger partial charge < -0.3 is 10.6 Å². The van der Waals surface area contributed by atoms with Crippen LogP contribution in [0, 0.1) is 0 Å². The van der Waals surface area contributed by atoms with Crippen molar-refractivity contribution < 1.29 is 18.0 Å². The van der Waals surface area contributed by atoms with Crippen LogP contribution in [0.25, 0.3) is 0 Å². The van der Waals surface area contributed by atoms with Gasteiger partial charge >= 0.3 is 0 Å². The summed E-state index contributed by atoms with van der Waals surface area (Å²) in [6.07, 6.45) is 3.54. The van der Waals surface area contributed by atoms with Crippen LogP contribution in [0.3, 0.4) is 0 Å². The molecule has 2 amide bonds. The van der Waals surface area contributed by atoms with Crippen LogP contribution in [0.2, 0.25) is 0 Å². The molecule has 0 saturated heterocycles. The van der Waals surface area contributed by atoms with Crippen LogP contribution in [0.15, 0.2) is 53.0 Å². The standard InChI is InChI=1S/C22H25BrN2O4S/c1-30(28,29)13-12-20(25-21(26)18-8-4-5-9-19(18)23)22(27)24-17-11-10-15-6-2-3-7-16(15)14-17/h2-9,17,20H,10-14H2,1H3,(H,24,27)(H,25,26). The number of sulfone groups is 1. The van der Waals surface area contributed by atoms with E-state index in [1.807, 2.05) is 12.1 Å². The molecule has 0 bridgehead atoms. The predicted octanol–water partition coefficient (Wildman–Crippen LogP) is 2.66. The number of carbonyl (C=O) groups excluding carboxylic acids is 2. The van der Waals surface area contributed by atoms with E-state index in [1.54, 1.807) is 24.3 Å². The summed E-state index contributed by atoms with van der Waals surface area (Å²) in [6.45, 7) is 0. The second-order valence-electron chi connectivity index (χ2n) is 7.64. The van der Waals surface area contributed by atoms with Gasteiger partial charge in [-0.3, -0.25) is 9.59 Å². The molecule has 2 atom stereocenters. The Bertz CT molecular complexity index is 1040. The first-order valence-corrected chi connectivity index (χ1v) is 12.7. The maximum atomic E-state index is 13.0. The van der Waals surface area contributed by atoms with E-state index in [2.05, 4.69) is 38.7 Å². The van der Waals surface area contributed by atoms with Gasteiger partial charge in [0, 0.05) is 16.8 Å². The van der Waals surface area contributed by atoms with Crippen LogP contribution in [0.5, 0.6) is 0 Å². The van der Waals surface area contributed by atoms with Crippen molar-refractivity contribution in [2.75, 3.05) is 12.0 Å². The van der Waals surface area contributed by atoms with Gasteiger partial charge in [0.1, 0.15) is 15.9 Å². The summed E-state index contributed by atoms with van der Waals surface area (Å²) in [6, 6.07) is 14.1. The van der Waals surface area contributed by atoms with Gasteiger partial charge in [-0.15, -0.1) is 0 Å². The number of hydrogen-bond donors (Lipinski definition) is 2. The highest BCUT2D eigenvalue weighted by Gasteiger charge is 2.27. The SMILES string of the molecule is CS(=O)(=O)CCC(NC(=O)c1ccccc1Br)C(=O)NC1CCc2ccccc2C1. The topological polar surface area (TPSA) is 92.3 Å². The van der Waals surface area contributed by atoms with Gasteiger partial charge in [0.25, 0.3) is 5.91 Å². The van der Waals surface area contributed by atoms with Crippen molar-refractivity contribution in [3.63, 3.8) is 0 Å². The molecule has 0 fully saturated rings. The number of hydrogen-bond acceptors (Lipinski definition) is 4. The number of rotatable bonds is 7. The molecule has 3 rings (SSSR count). The number of carbonyl (C=O) groups is 2. The zero-order valence-corrected chi connectivity index (χ0v) is 19.1. The molecule has 0 saturated carbocycles. The van der Waals surface area contributed by atoms with E-state index in [9.17, 15) is 18.0 Å². The first-order chi connectivity index (χ1) is 14.2. The number of halogens is 1. The summed E-state index contributed by atoms with van der Waals surface area (Å²) in [5.41, 5.74) is 2.89. The van der Waals surface area contributed by atoms with E-state index in [1.165, 1.54) is 11.1 Å². The van der Waals surface area contributed by atoms with Crippen molar-refractivity contribution in [2.45, 2.75) is 37.8 Å². The highest BCUT2D eigenvalue weighted by atomic mass is 79.9. The van der Waals surface area contributed by atoms with Crippen molar-refractivity contribution in [2.24, 2.45) is 0 Å². The van der Waals surface area contributed by atoms with E-state index in [0.29, 0.717) is 10.0 Å². The van der Waals surface area contributed by atoms with E-state index < -0.39 is 21.8 Å². The highest BCUT2D eigenvalue weighted by molar-refractivity contribution is 9.10. The first kappa shape index (κ1) is 22.5. The lowest BCUT2D eigenvalue weighted by Crippen LogP contribution is -2.51. The third-order valence-electron chi connectivity index (χ3n) is 5.21. The number of aryl methyl sites for hydroxylation is 1. The molecule has 2 aromatic carbocycles. The average Bonchev–Trinajstić information content (AvgIpc) is 2.70. The van der Waals surface area contributed by atoms with Crippen molar-refractivity contribution in [3.8, 4) is 0 Å². The minimum absolute atomic E-state index is 0.0180. The van der Waals surface area contributed by atoms with Gasteiger partial charge in [0.2, 0.25) is 5.91 Å². The lowest BCUT2D eigenvalue weighted by atomic mass is 9.88. The fraction of sp³-hybridized carbons (Fsp3) is 0.364. The van der Waals surface area contributed by atoms with Gasteiger partial charge in [-0.2, -0.15) is 0 Å². The zero-order valence-electron chi connectivity index (χ0n) is 16.7. The molecule has 160 valence electrons. The predicted molar refractivity (Wildman–Crippen MR) is 120 cm³/mol. The summed E-state index contributed by atoms with van der Waals surface area (Å²) in [7, 11) is -3.27. The minimum Gasteiger partial charge on any atom is -0.351 e. The molecule has 2 N–H and O–H groups in total. The smallest absolute Gasteiger partial charge is 0.253 e. The van der Waals surface area contributed by atoms with Crippen LogP contribution >= 0.6 is 15.9 Å². The maximum absolute atomic E-state index is 13.0. The molecule has 1 aliphatic rings. The summed E-state index contributed by atoms with van der Waals surface area (Å²) in [4.78, 5) is 25.6. The summed E-state index contributed by atoms with van der Waals surface area (Å²) < 4.78 is 23.9. The summed E-state index contributed by atoms with van der Waals surface area (Å²) in [5.74, 6) is -0.969. The Kier molecular flexibility index (Phi) is 7.31. The van der Waals surface area contributed by atoms with E-state index in [-0.39, 0.29) is 24.1 Å². The Hall–Kier alpha value is -2.19. The van der Waals surface area contributed by atoms with Crippen molar-refractivity contribution in [1.29, 1.82) is 0 Å². The third-order valence-corrected chi connectivity index (χ3v) is 6.88. The largest absolute Gasteiger partial charge is 0.351 e. The minimum atomic E-state index is -3.27. The second kappa shape index (κ2) is 9.75. The molecule has 2 aromatic rings. The normalized spacial score (nSPS) is 16.9. The van der Waals surface area contributed by atoms with Gasteiger partial charge in [-0.25, -0.2) is 8.42 Å². The molecule has 0 radical (unpaired) electrons. The second-order valence-corrected chi connectivity index (χ2v) is 10.8. The van der Waals surface area contributed by atoms with Gasteiger partial charge in [-0.05, 0) is 64.9 Å². The van der Waals surface area contributed by atoms with Crippen LogP contribution in [0.4, 0.5) is 0 Å². The average molecular weight is 493 g/mol. The Balaban J connectivity index is 1.70. The molecular weight excluding hydrogens is 468 g/mol. The van der Waals surface area contributed by atoms with Crippen molar-refractivity contribution in [3.05, 3.63) is 69.7 Å². The fourth-order valence-electron chi connectivity index (χ4n) is 3.60. The molecule has 1 aliphatic carbocycles. The van der Waals surface area contributed by atoms with E-state index in [0.717, 1.165) is 25.5 Å². The molecule has 0 aliphatic heterocycles. The van der Waals surface area contributed by atoms with Crippen LogP contribution in [0.1, 0.15) is 34.3 Å². The number of benzene rings is 2. The lowest BCUT2D eigenvalue weighted by molar-refractivity contribution is -0.123. The molecule has 8 heteroatoms. The van der Waals surface area contributed by atoms with Crippen LogP contribution < -0.4 is 10.6 Å². The molecule has 6 nitrogen and oxygen atoms in total. The third kappa shape index (κ3) is 6.15. The lowest BCUT2D eigenvalue weighted by Gasteiger charge is -2.27. The number of fused-ring (bicyclic) bond motifs is 1. The molecule has 0 spiro atoms. The summed E-state index contributed by atoms with van der Waals surface area (Å²) >= 11 is 3.33. The van der Waals surface area contributed by atoms with E-state index >= 15 is 0 Å². The van der Waals surface area contributed by atoms with Gasteiger partial charge in [0.05, 0.1) is 11.3 Å². The first-order valence-electron chi connectivity index (χ1n) is 9.83. The Morgan fingerprint density at radius 1 is 1.10 bits per heavy atom. The Labute approximate surface area is 185 Å². The molecule has 0 heterocycles. The molecule has 30 heavy (non-hydrogen) atoms. The number of amides is 2. The number of nitrogens with one attached hydrogen (secondary N) is 2. The molecule has 0 aromatic heterocycles. The zero-order chi connectivity index (χ0) is 21.7. The monoisotopic (exact) mass is 492 g/mol.